The lowest BCUT2D eigenvalue weighted by Gasteiger charge is -2.16. The monoisotopic (exact) mass is 267 g/mol. The Hall–Kier alpha value is -1.43. The summed E-state index contributed by atoms with van der Waals surface area (Å²) in [5.41, 5.74) is 1.07. The first-order chi connectivity index (χ1) is 9.26. The van der Waals surface area contributed by atoms with E-state index in [0.29, 0.717) is 19.6 Å². The summed E-state index contributed by atoms with van der Waals surface area (Å²) in [7, 11) is 1.57. The summed E-state index contributed by atoms with van der Waals surface area (Å²) >= 11 is 0. The van der Waals surface area contributed by atoms with Crippen molar-refractivity contribution in [3.8, 4) is 0 Å². The van der Waals surface area contributed by atoms with Crippen LogP contribution < -0.4 is 5.32 Å². The molecule has 2 N–H and O–H groups in total. The Morgan fingerprint density at radius 3 is 2.68 bits per heavy atom. The molecule has 0 unspecified atom stereocenters. The van der Waals surface area contributed by atoms with Crippen molar-refractivity contribution in [2.45, 2.75) is 12.5 Å². The molecule has 0 saturated heterocycles. The van der Waals surface area contributed by atoms with E-state index in [4.69, 9.17) is 9.47 Å². The molecule has 1 amide bonds. The van der Waals surface area contributed by atoms with Gasteiger partial charge in [0, 0.05) is 7.11 Å². The van der Waals surface area contributed by atoms with E-state index in [9.17, 15) is 9.90 Å². The van der Waals surface area contributed by atoms with Gasteiger partial charge in [-0.2, -0.15) is 0 Å². The van der Waals surface area contributed by atoms with Crippen LogP contribution >= 0.6 is 0 Å². The number of ether oxygens (including phenoxy) is 2. The lowest BCUT2D eigenvalue weighted by molar-refractivity contribution is -0.127. The second-order valence-electron chi connectivity index (χ2n) is 4.18. The van der Waals surface area contributed by atoms with Gasteiger partial charge >= 0.3 is 0 Å². The Labute approximate surface area is 113 Å². The Balaban J connectivity index is 2.29. The molecule has 0 spiro atoms. The smallest absolute Gasteiger partial charge is 0.246 e. The standard InChI is InChI=1S/C14H21NO4/c1-18-7-8-19-11-14(17)15-13(10-16)9-12-5-3-2-4-6-12/h2-6,13,16H,7-11H2,1H3,(H,15,17)/t13-/m1/s1. The molecule has 19 heavy (non-hydrogen) atoms. The van der Waals surface area contributed by atoms with E-state index in [1.54, 1.807) is 7.11 Å². The third kappa shape index (κ3) is 6.91. The first kappa shape index (κ1) is 15.6. The molecule has 1 aromatic rings. The highest BCUT2D eigenvalue weighted by Crippen LogP contribution is 2.02. The van der Waals surface area contributed by atoms with Gasteiger partial charge in [0.05, 0.1) is 25.9 Å². The number of aliphatic hydroxyl groups is 1. The Morgan fingerprint density at radius 1 is 1.32 bits per heavy atom. The van der Waals surface area contributed by atoms with Crippen LogP contribution in [0.4, 0.5) is 0 Å². The van der Waals surface area contributed by atoms with Crippen molar-refractivity contribution in [3.05, 3.63) is 35.9 Å². The molecule has 5 heteroatoms. The molecule has 106 valence electrons. The molecule has 0 aliphatic heterocycles. The largest absolute Gasteiger partial charge is 0.394 e. The number of nitrogens with one attached hydrogen (secondary N) is 1. The summed E-state index contributed by atoms with van der Waals surface area (Å²) in [6.07, 6.45) is 0.598. The summed E-state index contributed by atoms with van der Waals surface area (Å²) < 4.78 is 9.92. The Bertz CT molecular complexity index is 356. The number of aliphatic hydroxyl groups excluding tert-OH is 1. The third-order valence-electron chi connectivity index (χ3n) is 2.58. The van der Waals surface area contributed by atoms with Crippen molar-refractivity contribution in [1.29, 1.82) is 0 Å². The zero-order valence-corrected chi connectivity index (χ0v) is 11.2. The van der Waals surface area contributed by atoms with Gasteiger partial charge in [-0.05, 0) is 12.0 Å². The van der Waals surface area contributed by atoms with Gasteiger partial charge in [0.1, 0.15) is 6.61 Å². The second kappa shape index (κ2) is 9.49. The minimum absolute atomic E-state index is 0.0192. The van der Waals surface area contributed by atoms with Crippen LogP contribution in [0.5, 0.6) is 0 Å². The lowest BCUT2D eigenvalue weighted by atomic mass is 10.1. The van der Waals surface area contributed by atoms with Gasteiger partial charge in [-0.1, -0.05) is 30.3 Å². The number of hydrogen-bond donors (Lipinski definition) is 2. The van der Waals surface area contributed by atoms with Gasteiger partial charge in [0.15, 0.2) is 0 Å². The highest BCUT2D eigenvalue weighted by molar-refractivity contribution is 5.77. The van der Waals surface area contributed by atoms with Crippen LogP contribution in [0.3, 0.4) is 0 Å². The molecule has 0 fully saturated rings. The minimum Gasteiger partial charge on any atom is -0.394 e. The lowest BCUT2D eigenvalue weighted by Crippen LogP contribution is -2.41. The molecule has 5 nitrogen and oxygen atoms in total. The molecule has 1 aromatic carbocycles. The van der Waals surface area contributed by atoms with Gasteiger partial charge in [0.2, 0.25) is 5.91 Å². The fraction of sp³-hybridized carbons (Fsp3) is 0.500. The summed E-state index contributed by atoms with van der Waals surface area (Å²) in [5, 5.41) is 12.0. The van der Waals surface area contributed by atoms with Crippen molar-refractivity contribution in [2.75, 3.05) is 33.5 Å². The maximum atomic E-state index is 11.6. The first-order valence-electron chi connectivity index (χ1n) is 6.27. The molecule has 0 bridgehead atoms. The van der Waals surface area contributed by atoms with Crippen molar-refractivity contribution in [2.24, 2.45) is 0 Å². The van der Waals surface area contributed by atoms with Gasteiger partial charge in [0.25, 0.3) is 0 Å². The highest BCUT2D eigenvalue weighted by Gasteiger charge is 2.11. The summed E-state index contributed by atoms with van der Waals surface area (Å²) in [6, 6.07) is 9.42. The van der Waals surface area contributed by atoms with Crippen LogP contribution in [0.15, 0.2) is 30.3 Å². The SMILES string of the molecule is COCCOCC(=O)N[C@@H](CO)Cc1ccccc1. The average molecular weight is 267 g/mol. The molecule has 0 saturated carbocycles. The third-order valence-corrected chi connectivity index (χ3v) is 2.58. The zero-order valence-electron chi connectivity index (χ0n) is 11.2. The molecule has 0 aliphatic carbocycles. The van der Waals surface area contributed by atoms with Gasteiger partial charge in [-0.3, -0.25) is 4.79 Å². The second-order valence-corrected chi connectivity index (χ2v) is 4.18. The van der Waals surface area contributed by atoms with Crippen molar-refractivity contribution >= 4 is 5.91 Å². The Morgan fingerprint density at radius 2 is 2.05 bits per heavy atom. The fourth-order valence-corrected chi connectivity index (χ4v) is 1.64. The number of carbonyl (C=O) groups is 1. The van der Waals surface area contributed by atoms with Crippen LogP contribution in [0.25, 0.3) is 0 Å². The summed E-state index contributed by atoms with van der Waals surface area (Å²) in [6.45, 7) is 0.723. The van der Waals surface area contributed by atoms with E-state index in [1.807, 2.05) is 30.3 Å². The fourth-order valence-electron chi connectivity index (χ4n) is 1.64. The molecule has 1 atom stereocenters. The summed E-state index contributed by atoms with van der Waals surface area (Å²) in [5.74, 6) is -0.230. The number of hydrogen-bond acceptors (Lipinski definition) is 4. The van der Waals surface area contributed by atoms with Crippen molar-refractivity contribution < 1.29 is 19.4 Å². The van der Waals surface area contributed by atoms with E-state index >= 15 is 0 Å². The molecule has 0 heterocycles. The Kier molecular flexibility index (Phi) is 7.81. The highest BCUT2D eigenvalue weighted by atomic mass is 16.5. The summed E-state index contributed by atoms with van der Waals surface area (Å²) in [4.78, 5) is 11.6. The van der Waals surface area contributed by atoms with Crippen LogP contribution in [0, 0.1) is 0 Å². The van der Waals surface area contributed by atoms with Crippen LogP contribution in [-0.4, -0.2) is 50.6 Å². The van der Waals surface area contributed by atoms with Gasteiger partial charge in [-0.15, -0.1) is 0 Å². The molecular weight excluding hydrogens is 246 g/mol. The van der Waals surface area contributed by atoms with Crippen LogP contribution in [-0.2, 0) is 20.7 Å². The predicted molar refractivity (Wildman–Crippen MR) is 71.9 cm³/mol. The average Bonchev–Trinajstić information content (AvgIpc) is 2.44. The predicted octanol–water partition coefficient (Wildman–Crippen LogP) is 0.369. The van der Waals surface area contributed by atoms with Crippen molar-refractivity contribution in [1.82, 2.24) is 5.32 Å². The van der Waals surface area contributed by atoms with Crippen molar-refractivity contribution in [3.63, 3.8) is 0 Å². The zero-order chi connectivity index (χ0) is 13.9. The molecule has 0 radical (unpaired) electrons. The number of amides is 1. The molecule has 0 aliphatic rings. The van der Waals surface area contributed by atoms with Crippen LogP contribution in [0.2, 0.25) is 0 Å². The van der Waals surface area contributed by atoms with E-state index in [2.05, 4.69) is 5.32 Å². The molecular formula is C14H21NO4. The minimum atomic E-state index is -0.291. The quantitative estimate of drug-likeness (QED) is 0.634. The maximum Gasteiger partial charge on any atom is 0.246 e. The van der Waals surface area contributed by atoms with E-state index in [-0.39, 0.29) is 25.2 Å². The van der Waals surface area contributed by atoms with Gasteiger partial charge < -0.3 is 19.9 Å². The number of benzene rings is 1. The van der Waals surface area contributed by atoms with E-state index in [0.717, 1.165) is 5.56 Å². The van der Waals surface area contributed by atoms with Gasteiger partial charge in [-0.25, -0.2) is 0 Å². The topological polar surface area (TPSA) is 67.8 Å². The molecule has 1 rings (SSSR count). The van der Waals surface area contributed by atoms with E-state index in [1.165, 1.54) is 0 Å². The normalized spacial score (nSPS) is 12.1. The number of methoxy groups -OCH3 is 1. The number of rotatable bonds is 9. The molecule has 0 aromatic heterocycles. The van der Waals surface area contributed by atoms with Crippen LogP contribution in [0.1, 0.15) is 5.56 Å². The van der Waals surface area contributed by atoms with E-state index < -0.39 is 0 Å². The number of carbonyl (C=O) groups excluding carboxylic acids is 1. The first-order valence-corrected chi connectivity index (χ1v) is 6.27. The maximum absolute atomic E-state index is 11.6.